The van der Waals surface area contributed by atoms with Crippen molar-refractivity contribution in [2.75, 3.05) is 30.8 Å². The molecule has 0 spiro atoms. The van der Waals surface area contributed by atoms with Gasteiger partial charge in [-0.15, -0.1) is 0 Å². The Balaban J connectivity index is 1.67. The Morgan fingerprint density at radius 2 is 2.05 bits per heavy atom. The molecule has 0 saturated carbocycles. The molecule has 6 heteroatoms. The molecule has 2 aromatic rings. The maximum atomic E-state index is 5.99. The average Bonchev–Trinajstić information content (AvgIpc) is 2.92. The molecule has 3 rings (SSSR count). The van der Waals surface area contributed by atoms with Gasteiger partial charge >= 0.3 is 0 Å². The van der Waals surface area contributed by atoms with E-state index in [1.54, 1.807) is 18.6 Å². The maximum absolute atomic E-state index is 5.99. The van der Waals surface area contributed by atoms with E-state index in [0.717, 1.165) is 24.5 Å². The number of nitrogens with zero attached hydrogens (tertiary/aromatic N) is 2. The van der Waals surface area contributed by atoms with Gasteiger partial charge in [0.05, 0.1) is 17.7 Å². The van der Waals surface area contributed by atoms with E-state index in [-0.39, 0.29) is 0 Å². The molecule has 3 N–H and O–H groups in total. The fourth-order valence-electron chi connectivity index (χ4n) is 2.00. The Morgan fingerprint density at radius 1 is 1.26 bits per heavy atom. The quantitative estimate of drug-likeness (QED) is 0.812. The molecule has 0 saturated heterocycles. The zero-order chi connectivity index (χ0) is 13.1. The molecule has 100 valence electrons. The lowest BCUT2D eigenvalue weighted by Crippen LogP contribution is -2.16. The van der Waals surface area contributed by atoms with Crippen molar-refractivity contribution in [2.45, 2.75) is 6.54 Å². The van der Waals surface area contributed by atoms with Crippen LogP contribution in [0.2, 0.25) is 0 Å². The van der Waals surface area contributed by atoms with Gasteiger partial charge in [0.15, 0.2) is 11.5 Å². The molecule has 0 unspecified atom stereocenters. The molecule has 0 fully saturated rings. The normalized spacial score (nSPS) is 13.3. The number of benzene rings is 1. The van der Waals surface area contributed by atoms with Gasteiger partial charge in [-0.05, 0) is 0 Å². The number of nitrogen functional groups attached to an aromatic ring is 1. The van der Waals surface area contributed by atoms with E-state index in [4.69, 9.17) is 15.2 Å². The van der Waals surface area contributed by atoms with Crippen LogP contribution in [0.5, 0.6) is 11.5 Å². The molecule has 2 heterocycles. The van der Waals surface area contributed by atoms with Crippen molar-refractivity contribution in [3.63, 3.8) is 0 Å². The van der Waals surface area contributed by atoms with E-state index < -0.39 is 0 Å². The number of anilines is 2. The molecule has 1 aliphatic heterocycles. The average molecular weight is 260 g/mol. The SMILES string of the molecule is Nc1cc2c(cc1NCCn1ccnc1)OCCO2. The summed E-state index contributed by atoms with van der Waals surface area (Å²) in [5.41, 5.74) is 7.51. The lowest BCUT2D eigenvalue weighted by atomic mass is 10.2. The van der Waals surface area contributed by atoms with Crippen molar-refractivity contribution < 1.29 is 9.47 Å². The number of ether oxygens (including phenoxy) is 2. The van der Waals surface area contributed by atoms with Crippen LogP contribution in [0.25, 0.3) is 0 Å². The Hall–Kier alpha value is -2.37. The van der Waals surface area contributed by atoms with Crippen LogP contribution in [0, 0.1) is 0 Å². The summed E-state index contributed by atoms with van der Waals surface area (Å²) >= 11 is 0. The zero-order valence-corrected chi connectivity index (χ0v) is 10.5. The number of hydrogen-bond acceptors (Lipinski definition) is 5. The largest absolute Gasteiger partial charge is 0.486 e. The lowest BCUT2D eigenvalue weighted by molar-refractivity contribution is 0.172. The first-order valence-corrected chi connectivity index (χ1v) is 6.21. The molecule has 0 bridgehead atoms. The second kappa shape index (κ2) is 5.09. The Kier molecular flexibility index (Phi) is 3.14. The first kappa shape index (κ1) is 11.7. The van der Waals surface area contributed by atoms with Crippen LogP contribution in [0.15, 0.2) is 30.9 Å². The number of rotatable bonds is 4. The Bertz CT molecular complexity index is 554. The number of imidazole rings is 1. The highest BCUT2D eigenvalue weighted by Crippen LogP contribution is 2.36. The number of hydrogen-bond donors (Lipinski definition) is 2. The second-order valence-corrected chi connectivity index (χ2v) is 4.31. The minimum absolute atomic E-state index is 0.569. The van der Waals surface area contributed by atoms with Gasteiger partial charge in [-0.25, -0.2) is 4.98 Å². The van der Waals surface area contributed by atoms with Crippen molar-refractivity contribution in [1.82, 2.24) is 9.55 Å². The second-order valence-electron chi connectivity index (χ2n) is 4.31. The number of nitrogens with one attached hydrogen (secondary N) is 1. The van der Waals surface area contributed by atoms with Crippen molar-refractivity contribution >= 4 is 11.4 Å². The number of fused-ring (bicyclic) bond motifs is 1. The van der Waals surface area contributed by atoms with Gasteiger partial charge in [-0.2, -0.15) is 0 Å². The van der Waals surface area contributed by atoms with Gasteiger partial charge in [0.25, 0.3) is 0 Å². The highest BCUT2D eigenvalue weighted by Gasteiger charge is 2.14. The Morgan fingerprint density at radius 3 is 2.79 bits per heavy atom. The van der Waals surface area contributed by atoms with Gasteiger partial charge in [0.1, 0.15) is 13.2 Å². The van der Waals surface area contributed by atoms with Crippen molar-refractivity contribution in [2.24, 2.45) is 0 Å². The van der Waals surface area contributed by atoms with E-state index in [2.05, 4.69) is 10.3 Å². The molecule has 1 aliphatic rings. The summed E-state index contributed by atoms with van der Waals surface area (Å²) in [5, 5.41) is 3.29. The van der Waals surface area contributed by atoms with Gasteiger partial charge in [0, 0.05) is 37.6 Å². The smallest absolute Gasteiger partial charge is 0.163 e. The maximum Gasteiger partial charge on any atom is 0.163 e. The number of aromatic nitrogens is 2. The molecular formula is C13H16N4O2. The first-order chi connectivity index (χ1) is 9.33. The van der Waals surface area contributed by atoms with E-state index in [1.807, 2.05) is 16.8 Å². The van der Waals surface area contributed by atoms with Gasteiger partial charge in [0.2, 0.25) is 0 Å². The topological polar surface area (TPSA) is 74.3 Å². The molecule has 6 nitrogen and oxygen atoms in total. The van der Waals surface area contributed by atoms with Crippen molar-refractivity contribution in [3.8, 4) is 11.5 Å². The summed E-state index contributed by atoms with van der Waals surface area (Å²) in [6.07, 6.45) is 5.47. The molecule has 1 aromatic heterocycles. The first-order valence-electron chi connectivity index (χ1n) is 6.21. The van der Waals surface area contributed by atoms with Crippen LogP contribution in [0.3, 0.4) is 0 Å². The fraction of sp³-hybridized carbons (Fsp3) is 0.308. The van der Waals surface area contributed by atoms with Crippen LogP contribution < -0.4 is 20.5 Å². The third-order valence-electron chi connectivity index (χ3n) is 2.96. The summed E-state index contributed by atoms with van der Waals surface area (Å²) in [6.45, 7) is 2.74. The van der Waals surface area contributed by atoms with E-state index >= 15 is 0 Å². The van der Waals surface area contributed by atoms with Crippen LogP contribution in [-0.2, 0) is 6.54 Å². The summed E-state index contributed by atoms with van der Waals surface area (Å²) in [6, 6.07) is 3.69. The molecule has 0 radical (unpaired) electrons. The highest BCUT2D eigenvalue weighted by atomic mass is 16.6. The van der Waals surface area contributed by atoms with Gasteiger partial charge in [-0.3, -0.25) is 0 Å². The van der Waals surface area contributed by atoms with Gasteiger partial charge < -0.3 is 25.1 Å². The summed E-state index contributed by atoms with van der Waals surface area (Å²) < 4.78 is 13.0. The van der Waals surface area contributed by atoms with E-state index in [0.29, 0.717) is 24.7 Å². The van der Waals surface area contributed by atoms with Crippen LogP contribution in [0.1, 0.15) is 0 Å². The predicted molar refractivity (Wildman–Crippen MR) is 72.6 cm³/mol. The molecule has 0 atom stereocenters. The summed E-state index contributed by atoms with van der Waals surface area (Å²) in [4.78, 5) is 4.00. The van der Waals surface area contributed by atoms with Gasteiger partial charge in [-0.1, -0.05) is 0 Å². The standard InChI is InChI=1S/C13H16N4O2/c14-10-7-12-13(19-6-5-18-12)8-11(10)16-2-4-17-3-1-15-9-17/h1,3,7-9,16H,2,4-6,14H2. The summed E-state index contributed by atoms with van der Waals surface area (Å²) in [5.74, 6) is 1.45. The van der Waals surface area contributed by atoms with Crippen LogP contribution in [0.4, 0.5) is 11.4 Å². The molecule has 0 amide bonds. The zero-order valence-electron chi connectivity index (χ0n) is 10.5. The van der Waals surface area contributed by atoms with E-state index in [9.17, 15) is 0 Å². The molecule has 0 aliphatic carbocycles. The van der Waals surface area contributed by atoms with E-state index in [1.165, 1.54) is 0 Å². The highest BCUT2D eigenvalue weighted by molar-refractivity contribution is 5.72. The van der Waals surface area contributed by atoms with Crippen molar-refractivity contribution in [1.29, 1.82) is 0 Å². The Labute approximate surface area is 111 Å². The minimum atomic E-state index is 0.569. The minimum Gasteiger partial charge on any atom is -0.486 e. The monoisotopic (exact) mass is 260 g/mol. The molecular weight excluding hydrogens is 244 g/mol. The fourth-order valence-corrected chi connectivity index (χ4v) is 2.00. The van der Waals surface area contributed by atoms with Crippen LogP contribution >= 0.6 is 0 Å². The predicted octanol–water partition coefficient (Wildman–Crippen LogP) is 1.35. The third kappa shape index (κ3) is 2.57. The molecule has 19 heavy (non-hydrogen) atoms. The number of nitrogens with two attached hydrogens (primary N) is 1. The summed E-state index contributed by atoms with van der Waals surface area (Å²) in [7, 11) is 0. The lowest BCUT2D eigenvalue weighted by Gasteiger charge is -2.20. The molecule has 1 aromatic carbocycles. The third-order valence-corrected chi connectivity index (χ3v) is 2.96. The van der Waals surface area contributed by atoms with Crippen LogP contribution in [-0.4, -0.2) is 29.3 Å². The van der Waals surface area contributed by atoms with Crippen molar-refractivity contribution in [3.05, 3.63) is 30.9 Å².